The van der Waals surface area contributed by atoms with E-state index in [4.69, 9.17) is 17.3 Å². The molecule has 0 unspecified atom stereocenters. The van der Waals surface area contributed by atoms with Crippen LogP contribution < -0.4 is 21.6 Å². The molecule has 0 aromatic heterocycles. The van der Waals surface area contributed by atoms with Crippen LogP contribution in [0.15, 0.2) is 59.7 Å². The molecule has 1 aliphatic heterocycles. The molecule has 1 aliphatic rings. The normalized spacial score (nSPS) is 16.3. The van der Waals surface area contributed by atoms with Crippen LogP contribution in [0.2, 0.25) is 5.02 Å². The first-order valence-corrected chi connectivity index (χ1v) is 7.95. The molecular formula is C17H16ClN5O2. The minimum Gasteiger partial charge on any atom is -0.368 e. The maximum Gasteiger partial charge on any atom is 0.285 e. The lowest BCUT2D eigenvalue weighted by atomic mass is 10.1. The van der Waals surface area contributed by atoms with Crippen molar-refractivity contribution in [2.75, 3.05) is 10.4 Å². The molecule has 0 saturated heterocycles. The molecule has 2 aromatic rings. The summed E-state index contributed by atoms with van der Waals surface area (Å²) in [5.74, 6) is -0.983. The lowest BCUT2D eigenvalue weighted by Gasteiger charge is -2.20. The van der Waals surface area contributed by atoms with Crippen molar-refractivity contribution in [1.29, 1.82) is 0 Å². The van der Waals surface area contributed by atoms with Gasteiger partial charge < -0.3 is 5.73 Å². The van der Waals surface area contributed by atoms with E-state index < -0.39 is 17.9 Å². The fraction of sp³-hybridized carbons (Fsp3) is 0.118. The van der Waals surface area contributed by atoms with Gasteiger partial charge in [0.1, 0.15) is 11.8 Å². The molecule has 25 heavy (non-hydrogen) atoms. The standard InChI is InChI=1S/C17H16ClN5O2/c18-11-5-4-6-12(9-11)20-21-17(25)14-10-15(16(19)24)23(22-14)13-7-2-1-3-8-13/h1-9,15,20H,10H2,(H2,19,24)(H,21,25)/t15-/m1/s1. The van der Waals surface area contributed by atoms with E-state index in [9.17, 15) is 9.59 Å². The molecule has 128 valence electrons. The molecule has 8 heteroatoms. The Balaban J connectivity index is 1.73. The molecule has 1 atom stereocenters. The van der Waals surface area contributed by atoms with Gasteiger partial charge in [-0.05, 0) is 30.3 Å². The second-order valence-electron chi connectivity index (χ2n) is 5.44. The Bertz CT molecular complexity index is 825. The van der Waals surface area contributed by atoms with Crippen molar-refractivity contribution < 1.29 is 9.59 Å². The van der Waals surface area contributed by atoms with Crippen molar-refractivity contribution in [3.05, 3.63) is 59.6 Å². The van der Waals surface area contributed by atoms with Crippen molar-refractivity contribution >= 4 is 40.5 Å². The predicted octanol–water partition coefficient (Wildman–Crippen LogP) is 1.90. The largest absolute Gasteiger partial charge is 0.368 e. The fourth-order valence-electron chi connectivity index (χ4n) is 2.46. The highest BCUT2D eigenvalue weighted by Crippen LogP contribution is 2.24. The number of rotatable bonds is 5. The maximum absolute atomic E-state index is 12.3. The summed E-state index contributed by atoms with van der Waals surface area (Å²) in [6.45, 7) is 0. The van der Waals surface area contributed by atoms with Crippen LogP contribution in [0.25, 0.3) is 0 Å². The number of amides is 2. The topological polar surface area (TPSA) is 99.8 Å². The monoisotopic (exact) mass is 357 g/mol. The van der Waals surface area contributed by atoms with Crippen LogP contribution in [0.1, 0.15) is 6.42 Å². The quantitative estimate of drug-likeness (QED) is 0.711. The van der Waals surface area contributed by atoms with E-state index in [0.29, 0.717) is 16.4 Å². The van der Waals surface area contributed by atoms with Gasteiger partial charge in [0.15, 0.2) is 0 Å². The molecule has 7 nitrogen and oxygen atoms in total. The summed E-state index contributed by atoms with van der Waals surface area (Å²) in [4.78, 5) is 24.0. The SMILES string of the molecule is NC(=O)[C@H]1CC(C(=O)NNc2cccc(Cl)c2)=NN1c1ccccc1. The Morgan fingerprint density at radius 1 is 1.16 bits per heavy atom. The Kier molecular flexibility index (Phi) is 4.85. The Labute approximate surface area is 149 Å². The zero-order valence-electron chi connectivity index (χ0n) is 13.1. The summed E-state index contributed by atoms with van der Waals surface area (Å²) in [5.41, 5.74) is 12.3. The summed E-state index contributed by atoms with van der Waals surface area (Å²) in [6, 6.07) is 15.3. The van der Waals surface area contributed by atoms with Crippen molar-refractivity contribution in [3.8, 4) is 0 Å². The minimum atomic E-state index is -0.700. The summed E-state index contributed by atoms with van der Waals surface area (Å²) < 4.78 is 0. The summed E-state index contributed by atoms with van der Waals surface area (Å²) >= 11 is 5.89. The number of hydrogen-bond acceptors (Lipinski definition) is 5. The highest BCUT2D eigenvalue weighted by atomic mass is 35.5. The van der Waals surface area contributed by atoms with Gasteiger partial charge in [0.25, 0.3) is 5.91 Å². The molecule has 0 aliphatic carbocycles. The Hall–Kier alpha value is -3.06. The summed E-state index contributed by atoms with van der Waals surface area (Å²) in [7, 11) is 0. The number of hydrogen-bond donors (Lipinski definition) is 3. The number of nitrogens with two attached hydrogens (primary N) is 1. The maximum atomic E-state index is 12.3. The third-order valence-corrected chi connectivity index (χ3v) is 3.90. The first kappa shape index (κ1) is 16.8. The number of hydrazine groups is 1. The Morgan fingerprint density at radius 3 is 2.60 bits per heavy atom. The van der Waals surface area contributed by atoms with E-state index >= 15 is 0 Å². The van der Waals surface area contributed by atoms with Crippen LogP contribution in [-0.4, -0.2) is 23.6 Å². The number of carbonyl (C=O) groups excluding carboxylic acids is 2. The number of primary amides is 1. The molecule has 0 bridgehead atoms. The van der Waals surface area contributed by atoms with Gasteiger partial charge in [-0.1, -0.05) is 35.9 Å². The average Bonchev–Trinajstić information content (AvgIpc) is 3.06. The molecule has 3 rings (SSSR count). The van der Waals surface area contributed by atoms with Gasteiger partial charge in [0, 0.05) is 11.4 Å². The highest BCUT2D eigenvalue weighted by Gasteiger charge is 2.34. The number of carbonyl (C=O) groups is 2. The molecule has 0 spiro atoms. The van der Waals surface area contributed by atoms with E-state index in [1.807, 2.05) is 18.2 Å². The van der Waals surface area contributed by atoms with E-state index in [2.05, 4.69) is 16.0 Å². The number of halogens is 1. The molecule has 0 fully saturated rings. The molecule has 0 saturated carbocycles. The zero-order valence-corrected chi connectivity index (χ0v) is 13.9. The van der Waals surface area contributed by atoms with E-state index in [1.54, 1.807) is 36.4 Å². The zero-order chi connectivity index (χ0) is 17.8. The number of para-hydroxylation sites is 1. The molecule has 2 amide bonds. The highest BCUT2D eigenvalue weighted by molar-refractivity contribution is 6.40. The van der Waals surface area contributed by atoms with Crippen molar-refractivity contribution in [1.82, 2.24) is 5.43 Å². The lowest BCUT2D eigenvalue weighted by molar-refractivity contribution is -0.119. The third-order valence-electron chi connectivity index (χ3n) is 3.67. The van der Waals surface area contributed by atoms with Gasteiger partial charge in [-0.2, -0.15) is 5.10 Å². The van der Waals surface area contributed by atoms with Crippen LogP contribution in [0.3, 0.4) is 0 Å². The third kappa shape index (κ3) is 3.89. The van der Waals surface area contributed by atoms with Crippen LogP contribution in [0, 0.1) is 0 Å². The summed E-state index contributed by atoms with van der Waals surface area (Å²) in [6.07, 6.45) is 0.132. The van der Waals surface area contributed by atoms with Gasteiger partial charge in [-0.15, -0.1) is 0 Å². The Morgan fingerprint density at radius 2 is 1.92 bits per heavy atom. The van der Waals surface area contributed by atoms with Gasteiger partial charge >= 0.3 is 0 Å². The van der Waals surface area contributed by atoms with Crippen molar-refractivity contribution in [3.63, 3.8) is 0 Å². The smallest absolute Gasteiger partial charge is 0.285 e. The molecule has 0 radical (unpaired) electrons. The van der Waals surface area contributed by atoms with Crippen LogP contribution >= 0.6 is 11.6 Å². The lowest BCUT2D eigenvalue weighted by Crippen LogP contribution is -2.40. The van der Waals surface area contributed by atoms with E-state index in [-0.39, 0.29) is 12.1 Å². The second kappa shape index (κ2) is 7.23. The second-order valence-corrected chi connectivity index (χ2v) is 5.88. The molecule has 4 N–H and O–H groups in total. The van der Waals surface area contributed by atoms with Gasteiger partial charge in [0.2, 0.25) is 5.91 Å². The first-order chi connectivity index (χ1) is 12.0. The number of hydrazone groups is 1. The average molecular weight is 358 g/mol. The molecule has 2 aromatic carbocycles. The van der Waals surface area contributed by atoms with E-state index in [0.717, 1.165) is 0 Å². The van der Waals surface area contributed by atoms with Gasteiger partial charge in [-0.25, -0.2) is 0 Å². The predicted molar refractivity (Wildman–Crippen MR) is 97.2 cm³/mol. The minimum absolute atomic E-state index is 0.132. The number of benzene rings is 2. The van der Waals surface area contributed by atoms with Gasteiger partial charge in [-0.3, -0.25) is 25.4 Å². The number of anilines is 2. The number of nitrogens with zero attached hydrogens (tertiary/aromatic N) is 2. The summed E-state index contributed by atoms with van der Waals surface area (Å²) in [5, 5.41) is 6.27. The van der Waals surface area contributed by atoms with Crippen LogP contribution in [0.4, 0.5) is 11.4 Å². The first-order valence-electron chi connectivity index (χ1n) is 7.57. The van der Waals surface area contributed by atoms with Crippen molar-refractivity contribution in [2.45, 2.75) is 12.5 Å². The van der Waals surface area contributed by atoms with Crippen LogP contribution in [0.5, 0.6) is 0 Å². The molecular weight excluding hydrogens is 342 g/mol. The number of nitrogens with one attached hydrogen (secondary N) is 2. The fourth-order valence-corrected chi connectivity index (χ4v) is 2.65. The van der Waals surface area contributed by atoms with Gasteiger partial charge in [0.05, 0.1) is 11.4 Å². The van der Waals surface area contributed by atoms with Crippen molar-refractivity contribution in [2.24, 2.45) is 10.8 Å². The van der Waals surface area contributed by atoms with Crippen LogP contribution in [-0.2, 0) is 9.59 Å². The van der Waals surface area contributed by atoms with E-state index in [1.165, 1.54) is 5.01 Å². The molecule has 1 heterocycles.